The molecule has 1 aliphatic heterocycles. The largest absolute Gasteiger partial charge is 0.371 e. The number of rotatable bonds is 2. The van der Waals surface area contributed by atoms with E-state index >= 15 is 0 Å². The molecule has 0 aliphatic carbocycles. The summed E-state index contributed by atoms with van der Waals surface area (Å²) >= 11 is 1.60. The molecule has 1 aromatic heterocycles. The molecule has 1 aromatic rings. The molecular weight excluding hydrogens is 196 g/mol. The molecule has 14 heavy (non-hydrogen) atoms. The van der Waals surface area contributed by atoms with Gasteiger partial charge in [0.05, 0.1) is 11.4 Å². The van der Waals surface area contributed by atoms with Crippen molar-refractivity contribution in [1.82, 2.24) is 0 Å². The first-order valence-electron chi connectivity index (χ1n) is 4.80. The molecule has 0 saturated heterocycles. The summed E-state index contributed by atoms with van der Waals surface area (Å²) in [5, 5.41) is 10.1. The maximum atomic E-state index is 11.6. The number of carbonyl (C=O) groups excluding carboxylic acids is 1. The Morgan fingerprint density at radius 3 is 2.86 bits per heavy atom. The van der Waals surface area contributed by atoms with E-state index in [1.807, 2.05) is 10.8 Å². The predicted octanol–water partition coefficient (Wildman–Crippen LogP) is 2.53. The van der Waals surface area contributed by atoms with Gasteiger partial charge in [0, 0.05) is 10.8 Å². The monoisotopic (exact) mass is 210 g/mol. The third kappa shape index (κ3) is 1.75. The Balaban J connectivity index is 2.13. The standard InChI is InChI=1S/C10H14N2OS/c1-6(2)3-7-10(13)12-9-5-14-4-8(9)11-7/h4-7,11H,3H2,1-2H3,(H,12,13)/t7-/m1/s1. The quantitative estimate of drug-likeness (QED) is 0.787. The van der Waals surface area contributed by atoms with Crippen molar-refractivity contribution >= 4 is 28.6 Å². The molecule has 0 aromatic carbocycles. The Hall–Kier alpha value is -1.03. The van der Waals surface area contributed by atoms with Crippen LogP contribution in [0.5, 0.6) is 0 Å². The average Bonchev–Trinajstić information content (AvgIpc) is 2.51. The summed E-state index contributed by atoms with van der Waals surface area (Å²) in [6, 6.07) is -0.0721. The molecule has 1 aliphatic rings. The minimum absolute atomic E-state index is 0.0721. The lowest BCUT2D eigenvalue weighted by molar-refractivity contribution is -0.117. The van der Waals surface area contributed by atoms with E-state index in [1.165, 1.54) is 0 Å². The van der Waals surface area contributed by atoms with Crippen LogP contribution in [0.3, 0.4) is 0 Å². The highest BCUT2D eigenvalue weighted by Gasteiger charge is 2.26. The average molecular weight is 210 g/mol. The molecule has 3 nitrogen and oxygen atoms in total. The second-order valence-corrected chi connectivity index (χ2v) is 4.76. The van der Waals surface area contributed by atoms with E-state index in [4.69, 9.17) is 0 Å². The summed E-state index contributed by atoms with van der Waals surface area (Å²) < 4.78 is 0. The van der Waals surface area contributed by atoms with Gasteiger partial charge in [0.1, 0.15) is 6.04 Å². The first kappa shape index (κ1) is 9.52. The van der Waals surface area contributed by atoms with Crippen molar-refractivity contribution in [3.05, 3.63) is 10.8 Å². The van der Waals surface area contributed by atoms with Gasteiger partial charge in [-0.05, 0) is 12.3 Å². The normalized spacial score (nSPS) is 20.2. The lowest BCUT2D eigenvalue weighted by Crippen LogP contribution is -2.39. The third-order valence-corrected chi connectivity index (χ3v) is 3.02. The number of carbonyl (C=O) groups is 1. The Kier molecular flexibility index (Phi) is 2.46. The van der Waals surface area contributed by atoms with Crippen molar-refractivity contribution in [1.29, 1.82) is 0 Å². The van der Waals surface area contributed by atoms with Crippen LogP contribution in [0, 0.1) is 5.92 Å². The second-order valence-electron chi connectivity index (χ2n) is 4.01. The summed E-state index contributed by atoms with van der Waals surface area (Å²) in [5.41, 5.74) is 1.97. The van der Waals surface area contributed by atoms with E-state index in [-0.39, 0.29) is 11.9 Å². The number of thiophene rings is 1. The van der Waals surface area contributed by atoms with Gasteiger partial charge in [-0.2, -0.15) is 0 Å². The van der Waals surface area contributed by atoms with Crippen molar-refractivity contribution in [3.8, 4) is 0 Å². The molecule has 0 radical (unpaired) electrons. The summed E-state index contributed by atoms with van der Waals surface area (Å²) in [7, 11) is 0. The van der Waals surface area contributed by atoms with E-state index in [2.05, 4.69) is 24.5 Å². The van der Waals surface area contributed by atoms with Crippen LogP contribution in [0.25, 0.3) is 0 Å². The number of fused-ring (bicyclic) bond motifs is 1. The Morgan fingerprint density at radius 2 is 2.14 bits per heavy atom. The van der Waals surface area contributed by atoms with Crippen LogP contribution in [0.15, 0.2) is 10.8 Å². The van der Waals surface area contributed by atoms with Crippen molar-refractivity contribution in [2.24, 2.45) is 5.92 Å². The summed E-state index contributed by atoms with van der Waals surface area (Å²) in [6.45, 7) is 4.25. The van der Waals surface area contributed by atoms with Gasteiger partial charge in [-0.3, -0.25) is 4.79 Å². The van der Waals surface area contributed by atoms with Gasteiger partial charge >= 0.3 is 0 Å². The van der Waals surface area contributed by atoms with Crippen LogP contribution in [-0.4, -0.2) is 11.9 Å². The van der Waals surface area contributed by atoms with Gasteiger partial charge in [0.15, 0.2) is 0 Å². The maximum absolute atomic E-state index is 11.6. The molecule has 0 spiro atoms. The van der Waals surface area contributed by atoms with E-state index in [0.29, 0.717) is 5.92 Å². The number of anilines is 2. The fraction of sp³-hybridized carbons (Fsp3) is 0.500. The Morgan fingerprint density at radius 1 is 1.43 bits per heavy atom. The number of amides is 1. The van der Waals surface area contributed by atoms with Gasteiger partial charge in [-0.1, -0.05) is 13.8 Å². The Labute approximate surface area is 87.5 Å². The van der Waals surface area contributed by atoms with E-state index in [9.17, 15) is 4.79 Å². The highest BCUT2D eigenvalue weighted by Crippen LogP contribution is 2.31. The molecule has 4 heteroatoms. The molecule has 2 N–H and O–H groups in total. The molecule has 0 fully saturated rings. The SMILES string of the molecule is CC(C)C[C@H]1Nc2cscc2NC1=O. The molecule has 76 valence electrons. The van der Waals surface area contributed by atoms with Crippen LogP contribution < -0.4 is 10.6 Å². The fourth-order valence-electron chi connectivity index (χ4n) is 1.62. The van der Waals surface area contributed by atoms with Crippen molar-refractivity contribution in [2.45, 2.75) is 26.3 Å². The molecule has 2 heterocycles. The minimum Gasteiger partial charge on any atom is -0.371 e. The van der Waals surface area contributed by atoms with E-state index < -0.39 is 0 Å². The smallest absolute Gasteiger partial charge is 0.246 e. The lowest BCUT2D eigenvalue weighted by Gasteiger charge is -2.25. The number of hydrogen-bond donors (Lipinski definition) is 2. The zero-order valence-electron chi connectivity index (χ0n) is 8.33. The van der Waals surface area contributed by atoms with E-state index in [1.54, 1.807) is 11.3 Å². The number of hydrogen-bond acceptors (Lipinski definition) is 3. The first-order valence-corrected chi connectivity index (χ1v) is 5.74. The van der Waals surface area contributed by atoms with Crippen molar-refractivity contribution in [3.63, 3.8) is 0 Å². The molecular formula is C10H14N2OS. The molecule has 2 rings (SSSR count). The number of nitrogens with one attached hydrogen (secondary N) is 2. The Bertz CT molecular complexity index is 346. The summed E-state index contributed by atoms with van der Waals surface area (Å²) in [5.74, 6) is 0.614. The van der Waals surface area contributed by atoms with Gasteiger partial charge in [0.2, 0.25) is 5.91 Å². The molecule has 1 atom stereocenters. The fourth-order valence-corrected chi connectivity index (χ4v) is 2.34. The van der Waals surface area contributed by atoms with Gasteiger partial charge in [-0.25, -0.2) is 0 Å². The first-order chi connectivity index (χ1) is 6.66. The lowest BCUT2D eigenvalue weighted by atomic mass is 10.0. The van der Waals surface area contributed by atoms with Crippen LogP contribution in [-0.2, 0) is 4.79 Å². The third-order valence-electron chi connectivity index (χ3n) is 2.27. The molecule has 0 unspecified atom stereocenters. The minimum atomic E-state index is -0.0721. The zero-order chi connectivity index (χ0) is 10.1. The van der Waals surface area contributed by atoms with Gasteiger partial charge < -0.3 is 10.6 Å². The molecule has 0 bridgehead atoms. The van der Waals surface area contributed by atoms with Crippen LogP contribution in [0.1, 0.15) is 20.3 Å². The summed E-state index contributed by atoms with van der Waals surface area (Å²) in [4.78, 5) is 11.6. The van der Waals surface area contributed by atoms with Gasteiger partial charge in [-0.15, -0.1) is 11.3 Å². The predicted molar refractivity (Wildman–Crippen MR) is 59.8 cm³/mol. The second kappa shape index (κ2) is 3.61. The van der Waals surface area contributed by atoms with Crippen molar-refractivity contribution < 1.29 is 4.79 Å². The van der Waals surface area contributed by atoms with Crippen LogP contribution in [0.2, 0.25) is 0 Å². The molecule has 1 amide bonds. The highest BCUT2D eigenvalue weighted by molar-refractivity contribution is 7.09. The zero-order valence-corrected chi connectivity index (χ0v) is 9.15. The summed E-state index contributed by atoms with van der Waals surface area (Å²) in [6.07, 6.45) is 0.876. The maximum Gasteiger partial charge on any atom is 0.246 e. The van der Waals surface area contributed by atoms with Gasteiger partial charge in [0.25, 0.3) is 0 Å². The van der Waals surface area contributed by atoms with Crippen LogP contribution >= 0.6 is 11.3 Å². The van der Waals surface area contributed by atoms with Crippen LogP contribution in [0.4, 0.5) is 11.4 Å². The molecule has 0 saturated carbocycles. The van der Waals surface area contributed by atoms with E-state index in [0.717, 1.165) is 17.8 Å². The topological polar surface area (TPSA) is 41.1 Å². The van der Waals surface area contributed by atoms with Crippen molar-refractivity contribution in [2.75, 3.05) is 10.6 Å². The highest BCUT2D eigenvalue weighted by atomic mass is 32.1.